The van der Waals surface area contributed by atoms with E-state index >= 15 is 0 Å². The molecule has 0 bridgehead atoms. The van der Waals surface area contributed by atoms with E-state index in [0.29, 0.717) is 11.1 Å². The van der Waals surface area contributed by atoms with E-state index in [0.717, 1.165) is 11.1 Å². The van der Waals surface area contributed by atoms with E-state index in [9.17, 15) is 18.3 Å². The number of rotatable bonds is 5. The molecular weight excluding hydrogens is 325 g/mol. The van der Waals surface area contributed by atoms with Gasteiger partial charge in [0, 0.05) is 0 Å². The van der Waals surface area contributed by atoms with Crippen LogP contribution in [0.1, 0.15) is 73.5 Å². The van der Waals surface area contributed by atoms with Crippen LogP contribution in [0.3, 0.4) is 0 Å². The van der Waals surface area contributed by atoms with Crippen LogP contribution in [0, 0.1) is 0 Å². The van der Waals surface area contributed by atoms with Gasteiger partial charge in [-0.15, -0.1) is 0 Å². The second-order valence-corrected chi connectivity index (χ2v) is 6.94. The Hall–Kier alpha value is -1.81. The van der Waals surface area contributed by atoms with Gasteiger partial charge in [0.25, 0.3) is 0 Å². The van der Waals surface area contributed by atoms with Crippen LogP contribution in [-0.2, 0) is 12.6 Å². The van der Waals surface area contributed by atoms with Gasteiger partial charge in [0.2, 0.25) is 0 Å². The highest BCUT2D eigenvalue weighted by atomic mass is 19.4. The number of aliphatic hydroxyl groups is 1. The molecule has 0 amide bonds. The van der Waals surface area contributed by atoms with E-state index in [1.54, 1.807) is 39.0 Å². The van der Waals surface area contributed by atoms with Crippen molar-refractivity contribution in [1.29, 1.82) is 0 Å². The Morgan fingerprint density at radius 3 is 1.92 bits per heavy atom. The summed E-state index contributed by atoms with van der Waals surface area (Å²) in [4.78, 5) is 0. The van der Waals surface area contributed by atoms with Crippen LogP contribution < -0.4 is 0 Å². The third-order valence-electron chi connectivity index (χ3n) is 4.59. The van der Waals surface area contributed by atoms with Crippen LogP contribution in [0.2, 0.25) is 0 Å². The van der Waals surface area contributed by atoms with Crippen LogP contribution in [0.4, 0.5) is 13.2 Å². The van der Waals surface area contributed by atoms with E-state index in [2.05, 4.69) is 0 Å². The lowest BCUT2D eigenvalue weighted by molar-refractivity contribution is -0.139. The van der Waals surface area contributed by atoms with Gasteiger partial charge in [-0.3, -0.25) is 0 Å². The van der Waals surface area contributed by atoms with Crippen molar-refractivity contribution in [3.05, 3.63) is 70.3 Å². The highest BCUT2D eigenvalue weighted by Gasteiger charge is 2.36. The molecule has 4 heteroatoms. The van der Waals surface area contributed by atoms with E-state index in [1.807, 2.05) is 31.2 Å². The minimum atomic E-state index is -4.38. The maximum absolute atomic E-state index is 13.7. The fraction of sp³-hybridized carbons (Fsp3) is 0.429. The lowest BCUT2D eigenvalue weighted by Gasteiger charge is -2.23. The first-order chi connectivity index (χ1) is 11.6. The molecule has 0 aliphatic carbocycles. The first-order valence-corrected chi connectivity index (χ1v) is 8.58. The number of benzene rings is 2. The summed E-state index contributed by atoms with van der Waals surface area (Å²) in [7, 11) is 0. The zero-order chi connectivity index (χ0) is 18.8. The lowest BCUT2D eigenvalue weighted by atomic mass is 9.85. The Kier molecular flexibility index (Phi) is 5.94. The maximum Gasteiger partial charge on any atom is 0.416 e. The van der Waals surface area contributed by atoms with Gasteiger partial charge in [-0.2, -0.15) is 13.2 Å². The highest BCUT2D eigenvalue weighted by molar-refractivity contribution is 5.41. The SMILES string of the molecule is CC(C)c1cccc(CC(C)c2ccccc2C(C)O)c1C(F)(F)F. The second kappa shape index (κ2) is 7.61. The molecular formula is C21H25F3O. The normalized spacial score (nSPS) is 14.6. The van der Waals surface area contributed by atoms with Crippen LogP contribution in [0.5, 0.6) is 0 Å². The van der Waals surface area contributed by atoms with Crippen molar-refractivity contribution in [3.63, 3.8) is 0 Å². The zero-order valence-electron chi connectivity index (χ0n) is 15.1. The molecule has 0 aromatic heterocycles. The van der Waals surface area contributed by atoms with E-state index in [1.165, 1.54) is 0 Å². The molecule has 2 atom stereocenters. The summed E-state index contributed by atoms with van der Waals surface area (Å²) in [6.45, 7) is 7.14. The summed E-state index contributed by atoms with van der Waals surface area (Å²) in [5.41, 5.74) is 1.79. The molecule has 1 N–H and O–H groups in total. The fourth-order valence-corrected chi connectivity index (χ4v) is 3.40. The summed E-state index contributed by atoms with van der Waals surface area (Å²) in [5.74, 6) is -0.328. The van der Waals surface area contributed by atoms with Crippen LogP contribution in [0.25, 0.3) is 0 Å². The Morgan fingerprint density at radius 2 is 1.40 bits per heavy atom. The topological polar surface area (TPSA) is 20.2 Å². The number of hydrogen-bond donors (Lipinski definition) is 1. The smallest absolute Gasteiger partial charge is 0.389 e. The minimum Gasteiger partial charge on any atom is -0.389 e. The Balaban J connectivity index is 2.46. The molecule has 25 heavy (non-hydrogen) atoms. The van der Waals surface area contributed by atoms with Gasteiger partial charge in [0.05, 0.1) is 11.7 Å². The minimum absolute atomic E-state index is 0.130. The number of aliphatic hydroxyl groups excluding tert-OH is 1. The first kappa shape index (κ1) is 19.5. The average Bonchev–Trinajstić information content (AvgIpc) is 2.53. The van der Waals surface area contributed by atoms with Gasteiger partial charge < -0.3 is 5.11 Å². The summed E-state index contributed by atoms with van der Waals surface area (Å²) in [6, 6.07) is 12.2. The molecule has 2 aromatic rings. The first-order valence-electron chi connectivity index (χ1n) is 8.58. The third kappa shape index (κ3) is 4.43. The number of hydrogen-bond acceptors (Lipinski definition) is 1. The lowest BCUT2D eigenvalue weighted by Crippen LogP contribution is -2.15. The van der Waals surface area contributed by atoms with Gasteiger partial charge >= 0.3 is 6.18 Å². The third-order valence-corrected chi connectivity index (χ3v) is 4.59. The molecule has 2 aromatic carbocycles. The van der Waals surface area contributed by atoms with Crippen LogP contribution in [0.15, 0.2) is 42.5 Å². The van der Waals surface area contributed by atoms with E-state index in [-0.39, 0.29) is 18.3 Å². The molecule has 0 aliphatic rings. The molecule has 0 aliphatic heterocycles. The van der Waals surface area contributed by atoms with Crippen molar-refractivity contribution in [2.45, 2.75) is 58.2 Å². The largest absolute Gasteiger partial charge is 0.416 e. The van der Waals surface area contributed by atoms with Crippen molar-refractivity contribution in [1.82, 2.24) is 0 Å². The van der Waals surface area contributed by atoms with Crippen LogP contribution in [-0.4, -0.2) is 5.11 Å². The van der Waals surface area contributed by atoms with Crippen molar-refractivity contribution in [2.75, 3.05) is 0 Å². The summed E-state index contributed by atoms with van der Waals surface area (Å²) in [5, 5.41) is 9.94. The Morgan fingerprint density at radius 1 is 0.840 bits per heavy atom. The van der Waals surface area contributed by atoms with Gasteiger partial charge in [0.1, 0.15) is 0 Å². The monoisotopic (exact) mass is 350 g/mol. The van der Waals surface area contributed by atoms with Crippen molar-refractivity contribution >= 4 is 0 Å². The molecule has 2 rings (SSSR count). The molecule has 1 nitrogen and oxygen atoms in total. The quantitative estimate of drug-likeness (QED) is 0.678. The average molecular weight is 350 g/mol. The van der Waals surface area contributed by atoms with E-state index in [4.69, 9.17) is 0 Å². The molecule has 0 radical (unpaired) electrons. The molecule has 2 unspecified atom stereocenters. The molecule has 0 saturated carbocycles. The zero-order valence-corrected chi connectivity index (χ0v) is 15.1. The number of halogens is 3. The molecule has 0 heterocycles. The summed E-state index contributed by atoms with van der Waals surface area (Å²) >= 11 is 0. The van der Waals surface area contributed by atoms with Gasteiger partial charge in [-0.25, -0.2) is 0 Å². The predicted octanol–water partition coefficient (Wildman–Crippen LogP) is 6.23. The van der Waals surface area contributed by atoms with Gasteiger partial charge in [0.15, 0.2) is 0 Å². The van der Waals surface area contributed by atoms with Crippen molar-refractivity contribution < 1.29 is 18.3 Å². The maximum atomic E-state index is 13.7. The summed E-state index contributed by atoms with van der Waals surface area (Å²) < 4.78 is 41.1. The van der Waals surface area contributed by atoms with Gasteiger partial charge in [-0.05, 0) is 47.4 Å². The summed E-state index contributed by atoms with van der Waals surface area (Å²) in [6.07, 6.45) is -4.75. The van der Waals surface area contributed by atoms with Gasteiger partial charge in [-0.1, -0.05) is 63.2 Å². The standard InChI is InChI=1S/C21H25F3O/c1-13(2)17-11-7-8-16(20(17)21(22,23)24)12-14(3)18-9-5-6-10-19(18)15(4)25/h5-11,13-15,25H,12H2,1-4H3. The molecule has 0 spiro atoms. The number of alkyl halides is 3. The predicted molar refractivity (Wildman–Crippen MR) is 94.7 cm³/mol. The Bertz CT molecular complexity index is 717. The van der Waals surface area contributed by atoms with Crippen LogP contribution >= 0.6 is 0 Å². The second-order valence-electron chi connectivity index (χ2n) is 6.94. The molecule has 136 valence electrons. The molecule has 0 fully saturated rings. The molecule has 0 saturated heterocycles. The highest BCUT2D eigenvalue weighted by Crippen LogP contribution is 2.39. The van der Waals surface area contributed by atoms with Crippen molar-refractivity contribution in [2.24, 2.45) is 0 Å². The van der Waals surface area contributed by atoms with E-state index < -0.39 is 17.8 Å². The fourth-order valence-electron chi connectivity index (χ4n) is 3.40. The Labute approximate surface area is 147 Å². The van der Waals surface area contributed by atoms with Crippen molar-refractivity contribution in [3.8, 4) is 0 Å².